The molecule has 1 aliphatic carbocycles. The summed E-state index contributed by atoms with van der Waals surface area (Å²) in [7, 11) is 0. The molecule has 0 bridgehead atoms. The second-order valence-electron chi connectivity index (χ2n) is 5.07. The number of benzene rings is 2. The van der Waals surface area contributed by atoms with E-state index in [1.165, 1.54) is 10.8 Å². The zero-order valence-corrected chi connectivity index (χ0v) is 9.48. The van der Waals surface area contributed by atoms with Gasteiger partial charge in [-0.05, 0) is 35.1 Å². The summed E-state index contributed by atoms with van der Waals surface area (Å²) in [6, 6.07) is 14.5. The highest BCUT2D eigenvalue weighted by Crippen LogP contribution is 2.47. The number of fused-ring (bicyclic) bond motifs is 1. The zero-order valence-electron chi connectivity index (χ0n) is 9.48. The molecule has 2 aromatic carbocycles. The van der Waals surface area contributed by atoms with Crippen molar-refractivity contribution in [3.8, 4) is 0 Å². The van der Waals surface area contributed by atoms with E-state index in [9.17, 15) is 5.11 Å². The Labute approximate surface area is 95.7 Å². The van der Waals surface area contributed by atoms with Gasteiger partial charge in [-0.25, -0.2) is 0 Å². The molecule has 2 aromatic rings. The van der Waals surface area contributed by atoms with Gasteiger partial charge in [0.15, 0.2) is 0 Å². The molecule has 1 aliphatic rings. The smallest absolute Gasteiger partial charge is 0.0907 e. The predicted molar refractivity (Wildman–Crippen MR) is 66.2 cm³/mol. The second kappa shape index (κ2) is 3.33. The normalized spacial score (nSPS) is 29.0. The van der Waals surface area contributed by atoms with Gasteiger partial charge in [-0.1, -0.05) is 49.4 Å². The van der Waals surface area contributed by atoms with Crippen LogP contribution in [0.1, 0.15) is 25.3 Å². The first-order chi connectivity index (χ1) is 7.69. The first kappa shape index (κ1) is 9.86. The van der Waals surface area contributed by atoms with Gasteiger partial charge < -0.3 is 5.11 Å². The highest BCUT2D eigenvalue weighted by Gasteiger charge is 2.42. The molecule has 82 valence electrons. The minimum absolute atomic E-state index is 0.583. The van der Waals surface area contributed by atoms with E-state index in [1.54, 1.807) is 0 Å². The molecule has 0 radical (unpaired) electrons. The van der Waals surface area contributed by atoms with E-state index in [-0.39, 0.29) is 0 Å². The van der Waals surface area contributed by atoms with Crippen LogP contribution in [0.3, 0.4) is 0 Å². The minimum Gasteiger partial charge on any atom is -0.385 e. The van der Waals surface area contributed by atoms with E-state index >= 15 is 0 Å². The van der Waals surface area contributed by atoms with Gasteiger partial charge in [0, 0.05) is 0 Å². The molecule has 3 rings (SSSR count). The van der Waals surface area contributed by atoms with E-state index in [2.05, 4.69) is 31.2 Å². The highest BCUT2D eigenvalue weighted by atomic mass is 16.3. The van der Waals surface area contributed by atoms with Crippen LogP contribution in [0.4, 0.5) is 0 Å². The van der Waals surface area contributed by atoms with Crippen molar-refractivity contribution in [1.82, 2.24) is 0 Å². The lowest BCUT2D eigenvalue weighted by Gasteiger charge is -2.43. The third-order valence-corrected chi connectivity index (χ3v) is 3.66. The topological polar surface area (TPSA) is 20.2 Å². The molecule has 0 aliphatic heterocycles. The first-order valence-corrected chi connectivity index (χ1v) is 5.90. The van der Waals surface area contributed by atoms with E-state index < -0.39 is 5.60 Å². The Morgan fingerprint density at radius 3 is 2.50 bits per heavy atom. The molecule has 0 amide bonds. The Balaban J connectivity index is 2.17. The Kier molecular flexibility index (Phi) is 2.05. The van der Waals surface area contributed by atoms with Gasteiger partial charge in [0.1, 0.15) is 0 Å². The van der Waals surface area contributed by atoms with Crippen LogP contribution in [0.5, 0.6) is 0 Å². The fraction of sp³-hybridized carbons (Fsp3) is 0.333. The van der Waals surface area contributed by atoms with Gasteiger partial charge in [-0.15, -0.1) is 0 Å². The lowest BCUT2D eigenvalue weighted by atomic mass is 9.67. The van der Waals surface area contributed by atoms with Gasteiger partial charge in [0.25, 0.3) is 0 Å². The van der Waals surface area contributed by atoms with Crippen LogP contribution >= 0.6 is 0 Å². The van der Waals surface area contributed by atoms with Crippen molar-refractivity contribution in [2.75, 3.05) is 0 Å². The number of aliphatic hydroxyl groups is 1. The van der Waals surface area contributed by atoms with Crippen LogP contribution in [0, 0.1) is 5.92 Å². The summed E-state index contributed by atoms with van der Waals surface area (Å²) in [5.74, 6) is 0.643. The van der Waals surface area contributed by atoms with E-state index in [0.29, 0.717) is 5.92 Å². The minimum atomic E-state index is -0.583. The van der Waals surface area contributed by atoms with Gasteiger partial charge >= 0.3 is 0 Å². The third kappa shape index (κ3) is 1.35. The predicted octanol–water partition coefficient (Wildman–Crippen LogP) is 3.46. The zero-order chi connectivity index (χ0) is 11.2. The maximum absolute atomic E-state index is 10.5. The molecular formula is C15H16O. The lowest BCUT2D eigenvalue weighted by Crippen LogP contribution is -2.39. The summed E-state index contributed by atoms with van der Waals surface area (Å²) < 4.78 is 0. The second-order valence-corrected chi connectivity index (χ2v) is 5.07. The maximum Gasteiger partial charge on any atom is 0.0907 e. The molecule has 0 spiro atoms. The summed E-state index contributed by atoms with van der Waals surface area (Å²) in [6.07, 6.45) is 1.78. The standard InChI is InChI=1S/C15H16O/c1-11-9-15(16,10-11)14-8-4-6-12-5-2-3-7-13(12)14/h2-8,11,16H,9-10H2,1H3. The van der Waals surface area contributed by atoms with Crippen molar-refractivity contribution in [3.63, 3.8) is 0 Å². The molecule has 16 heavy (non-hydrogen) atoms. The average Bonchev–Trinajstić information content (AvgIpc) is 2.26. The third-order valence-electron chi connectivity index (χ3n) is 3.66. The lowest BCUT2D eigenvalue weighted by molar-refractivity contribution is -0.0726. The largest absolute Gasteiger partial charge is 0.385 e. The van der Waals surface area contributed by atoms with Crippen LogP contribution in [-0.2, 0) is 5.60 Å². The first-order valence-electron chi connectivity index (χ1n) is 5.90. The summed E-state index contributed by atoms with van der Waals surface area (Å²) in [4.78, 5) is 0. The Bertz CT molecular complexity index is 518. The summed E-state index contributed by atoms with van der Waals surface area (Å²) in [5, 5.41) is 13.0. The summed E-state index contributed by atoms with van der Waals surface area (Å²) in [5.41, 5.74) is 0.518. The molecule has 1 N–H and O–H groups in total. The van der Waals surface area contributed by atoms with Crippen molar-refractivity contribution >= 4 is 10.8 Å². The van der Waals surface area contributed by atoms with Crippen molar-refractivity contribution in [2.24, 2.45) is 5.92 Å². The molecule has 0 heterocycles. The van der Waals surface area contributed by atoms with Crippen LogP contribution in [0.25, 0.3) is 10.8 Å². The highest BCUT2D eigenvalue weighted by molar-refractivity contribution is 5.86. The molecule has 1 heteroatoms. The van der Waals surface area contributed by atoms with Crippen LogP contribution in [-0.4, -0.2) is 5.11 Å². The monoisotopic (exact) mass is 212 g/mol. The van der Waals surface area contributed by atoms with Gasteiger partial charge in [-0.2, -0.15) is 0 Å². The van der Waals surface area contributed by atoms with Gasteiger partial charge in [0.2, 0.25) is 0 Å². The Morgan fingerprint density at radius 1 is 1.06 bits per heavy atom. The Morgan fingerprint density at radius 2 is 1.75 bits per heavy atom. The van der Waals surface area contributed by atoms with E-state index in [1.807, 2.05) is 18.2 Å². The van der Waals surface area contributed by atoms with Crippen LogP contribution < -0.4 is 0 Å². The molecule has 1 saturated carbocycles. The number of hydrogen-bond acceptors (Lipinski definition) is 1. The van der Waals surface area contributed by atoms with Gasteiger partial charge in [0.05, 0.1) is 5.60 Å². The average molecular weight is 212 g/mol. The molecule has 0 saturated heterocycles. The van der Waals surface area contributed by atoms with E-state index in [0.717, 1.165) is 18.4 Å². The van der Waals surface area contributed by atoms with Crippen molar-refractivity contribution in [1.29, 1.82) is 0 Å². The number of hydrogen-bond donors (Lipinski definition) is 1. The summed E-state index contributed by atoms with van der Waals surface area (Å²) >= 11 is 0. The fourth-order valence-electron chi connectivity index (χ4n) is 2.94. The van der Waals surface area contributed by atoms with Crippen LogP contribution in [0.2, 0.25) is 0 Å². The molecule has 0 atom stereocenters. The summed E-state index contributed by atoms with van der Waals surface area (Å²) in [6.45, 7) is 2.19. The fourth-order valence-corrected chi connectivity index (χ4v) is 2.94. The van der Waals surface area contributed by atoms with Gasteiger partial charge in [-0.3, -0.25) is 0 Å². The molecule has 0 aromatic heterocycles. The quantitative estimate of drug-likeness (QED) is 0.767. The van der Waals surface area contributed by atoms with E-state index in [4.69, 9.17) is 0 Å². The molecule has 1 nitrogen and oxygen atoms in total. The SMILES string of the molecule is CC1CC(O)(c2cccc3ccccc23)C1. The van der Waals surface area contributed by atoms with Crippen molar-refractivity contribution < 1.29 is 5.11 Å². The van der Waals surface area contributed by atoms with Crippen molar-refractivity contribution in [3.05, 3.63) is 48.0 Å². The Hall–Kier alpha value is -1.34. The molecule has 0 unspecified atom stereocenters. The molecule has 1 fully saturated rings. The number of rotatable bonds is 1. The molecular weight excluding hydrogens is 196 g/mol. The van der Waals surface area contributed by atoms with Crippen LogP contribution in [0.15, 0.2) is 42.5 Å². The maximum atomic E-state index is 10.5. The van der Waals surface area contributed by atoms with Crippen molar-refractivity contribution in [2.45, 2.75) is 25.4 Å².